The van der Waals surface area contributed by atoms with E-state index in [9.17, 15) is 9.59 Å². The van der Waals surface area contributed by atoms with Crippen molar-refractivity contribution >= 4 is 39.6 Å². The molecule has 0 aliphatic rings. The molecule has 0 heterocycles. The second kappa shape index (κ2) is 6.97. The number of urea groups is 1. The molecule has 0 atom stereocenters. The van der Waals surface area contributed by atoms with Gasteiger partial charge in [-0.25, -0.2) is 0 Å². The minimum atomic E-state index is -2.14. The van der Waals surface area contributed by atoms with Crippen molar-refractivity contribution in [2.45, 2.75) is 28.2 Å². The van der Waals surface area contributed by atoms with Gasteiger partial charge in [0.25, 0.3) is 0 Å². The van der Waals surface area contributed by atoms with Gasteiger partial charge in [0.1, 0.15) is 0 Å². The van der Waals surface area contributed by atoms with Crippen LogP contribution in [0.5, 0.6) is 0 Å². The first-order valence-corrected chi connectivity index (χ1v) is 16.7. The van der Waals surface area contributed by atoms with Gasteiger partial charge in [0.05, 0.1) is 0 Å². The van der Waals surface area contributed by atoms with Crippen molar-refractivity contribution < 1.29 is 9.59 Å². The second-order valence-electron chi connectivity index (χ2n) is 5.71. The van der Waals surface area contributed by atoms with Crippen molar-refractivity contribution in [3.05, 3.63) is 24.3 Å². The molecule has 110 valence electrons. The Morgan fingerprint density at radius 3 is 2.45 bits per heavy atom. The molecule has 6 heteroatoms. The maximum absolute atomic E-state index is 11.9. The molecule has 0 aliphatic carbocycles. The zero-order valence-corrected chi connectivity index (χ0v) is 15.6. The summed E-state index contributed by atoms with van der Waals surface area (Å²) in [5.41, 5.74) is 3.25. The molecule has 20 heavy (non-hydrogen) atoms. The molecule has 0 saturated heterocycles. The van der Waals surface area contributed by atoms with E-state index < -0.39 is 18.4 Å². The Morgan fingerprint density at radius 1 is 1.25 bits per heavy atom. The minimum absolute atomic E-state index is 0.192. The molecule has 0 fully saturated rings. The Morgan fingerprint density at radius 2 is 1.90 bits per heavy atom. The summed E-state index contributed by atoms with van der Waals surface area (Å²) in [6.07, 6.45) is 0.339. The SMILES string of the molecule is CCC(=O)NN(C)C(=O)Nc1ccc[c]([Sn]([CH3])([CH3])[CH3])c1. The van der Waals surface area contributed by atoms with E-state index in [-0.39, 0.29) is 11.9 Å². The summed E-state index contributed by atoms with van der Waals surface area (Å²) in [6.45, 7) is 1.74. The van der Waals surface area contributed by atoms with E-state index in [1.165, 1.54) is 15.6 Å². The third kappa shape index (κ3) is 5.03. The third-order valence-corrected chi connectivity index (χ3v) is 8.73. The van der Waals surface area contributed by atoms with Crippen LogP contribution in [0, 0.1) is 0 Å². The van der Waals surface area contributed by atoms with E-state index >= 15 is 0 Å². The Balaban J connectivity index is 2.73. The molecule has 0 saturated carbocycles. The summed E-state index contributed by atoms with van der Waals surface area (Å²) in [6, 6.07) is 7.61. The van der Waals surface area contributed by atoms with Crippen LogP contribution in [0.3, 0.4) is 0 Å². The molecule has 0 radical (unpaired) electrons. The average molecular weight is 384 g/mol. The molecular formula is C14H23N3O2Sn. The number of anilines is 1. The summed E-state index contributed by atoms with van der Waals surface area (Å²) in [4.78, 5) is 30.2. The van der Waals surface area contributed by atoms with Crippen molar-refractivity contribution in [1.29, 1.82) is 0 Å². The summed E-state index contributed by atoms with van der Waals surface area (Å²) in [7, 11) is 1.52. The van der Waals surface area contributed by atoms with Crippen molar-refractivity contribution in [3.8, 4) is 0 Å². The number of hydrogen-bond acceptors (Lipinski definition) is 2. The third-order valence-electron chi connectivity index (χ3n) is 2.90. The number of nitrogens with zero attached hydrogens (tertiary/aromatic N) is 1. The summed E-state index contributed by atoms with van der Waals surface area (Å²) in [5.74, 6) is -0.192. The van der Waals surface area contributed by atoms with Gasteiger partial charge >= 0.3 is 124 Å². The molecule has 1 aromatic rings. The summed E-state index contributed by atoms with van der Waals surface area (Å²) >= 11 is -2.14. The van der Waals surface area contributed by atoms with Crippen LogP contribution in [-0.4, -0.2) is 42.4 Å². The monoisotopic (exact) mass is 385 g/mol. The van der Waals surface area contributed by atoms with Gasteiger partial charge in [-0.1, -0.05) is 0 Å². The molecule has 3 amide bonds. The van der Waals surface area contributed by atoms with Crippen LogP contribution in [0.2, 0.25) is 14.8 Å². The van der Waals surface area contributed by atoms with Gasteiger partial charge < -0.3 is 0 Å². The van der Waals surface area contributed by atoms with E-state index in [0.717, 1.165) is 5.69 Å². The fourth-order valence-corrected chi connectivity index (χ4v) is 4.97. The maximum atomic E-state index is 11.9. The van der Waals surface area contributed by atoms with Gasteiger partial charge in [-0.05, 0) is 0 Å². The number of amides is 3. The first kappa shape index (κ1) is 16.8. The molecule has 2 N–H and O–H groups in total. The van der Waals surface area contributed by atoms with Crippen LogP contribution >= 0.6 is 0 Å². The predicted octanol–water partition coefficient (Wildman–Crippen LogP) is 2.14. The molecular weight excluding hydrogens is 361 g/mol. The number of carbonyl (C=O) groups excluding carboxylic acids is 2. The van der Waals surface area contributed by atoms with Gasteiger partial charge in [0.15, 0.2) is 0 Å². The zero-order chi connectivity index (χ0) is 15.3. The van der Waals surface area contributed by atoms with Crippen LogP contribution in [0.25, 0.3) is 0 Å². The first-order valence-electron chi connectivity index (χ1n) is 6.68. The van der Waals surface area contributed by atoms with E-state index in [4.69, 9.17) is 0 Å². The fraction of sp³-hybridized carbons (Fsp3) is 0.429. The van der Waals surface area contributed by atoms with E-state index in [0.29, 0.717) is 6.42 Å². The second-order valence-corrected chi connectivity index (χ2v) is 20.2. The number of carbonyl (C=O) groups is 2. The number of benzene rings is 1. The Bertz CT molecular complexity index is 497. The Kier molecular flexibility index (Phi) is 5.86. The normalized spacial score (nSPS) is 10.8. The van der Waals surface area contributed by atoms with E-state index in [2.05, 4.69) is 31.6 Å². The quantitative estimate of drug-likeness (QED) is 0.620. The average Bonchev–Trinajstić information content (AvgIpc) is 2.37. The molecule has 0 unspecified atom stereocenters. The van der Waals surface area contributed by atoms with Crippen LogP contribution in [0.1, 0.15) is 13.3 Å². The molecule has 0 bridgehead atoms. The van der Waals surface area contributed by atoms with Crippen LogP contribution < -0.4 is 14.3 Å². The Labute approximate surface area is 124 Å². The summed E-state index contributed by atoms with van der Waals surface area (Å²) in [5, 5.41) is 3.96. The van der Waals surface area contributed by atoms with Crippen molar-refractivity contribution in [1.82, 2.24) is 10.4 Å². The van der Waals surface area contributed by atoms with Gasteiger partial charge in [-0.3, -0.25) is 0 Å². The van der Waals surface area contributed by atoms with Crippen LogP contribution in [-0.2, 0) is 4.79 Å². The topological polar surface area (TPSA) is 61.4 Å². The molecule has 0 aliphatic heterocycles. The predicted molar refractivity (Wildman–Crippen MR) is 84.6 cm³/mol. The van der Waals surface area contributed by atoms with Gasteiger partial charge in [-0.15, -0.1) is 0 Å². The standard InChI is InChI=1S/C11H14N3O2.3CH3.Sn/c1-3-10(15)13-14(2)11(16)12-9-7-5-4-6-8-9;;;;/h4-5,7-8H,3H2,1-2H3,(H,12,16)(H,13,15);3*1H3;. The number of hydrazine groups is 1. The van der Waals surface area contributed by atoms with Crippen molar-refractivity contribution in [3.63, 3.8) is 0 Å². The van der Waals surface area contributed by atoms with Gasteiger partial charge in [0.2, 0.25) is 0 Å². The first-order chi connectivity index (χ1) is 9.24. The van der Waals surface area contributed by atoms with Crippen molar-refractivity contribution in [2.75, 3.05) is 12.4 Å². The molecule has 1 aromatic carbocycles. The Hall–Kier alpha value is -1.24. The number of hydrogen-bond donors (Lipinski definition) is 2. The number of rotatable bonds is 3. The molecule has 0 aromatic heterocycles. The van der Waals surface area contributed by atoms with Gasteiger partial charge in [0, 0.05) is 0 Å². The van der Waals surface area contributed by atoms with E-state index in [1.807, 2.05) is 18.2 Å². The van der Waals surface area contributed by atoms with Crippen LogP contribution in [0.4, 0.5) is 10.5 Å². The van der Waals surface area contributed by atoms with Crippen molar-refractivity contribution in [2.24, 2.45) is 0 Å². The molecule has 0 spiro atoms. The molecule has 1 rings (SSSR count). The van der Waals surface area contributed by atoms with E-state index in [1.54, 1.807) is 6.92 Å². The zero-order valence-electron chi connectivity index (χ0n) is 12.8. The fourth-order valence-electron chi connectivity index (χ4n) is 1.59. The molecule has 5 nitrogen and oxygen atoms in total. The summed E-state index contributed by atoms with van der Waals surface area (Å²) < 4.78 is 1.34. The number of nitrogens with one attached hydrogen (secondary N) is 2. The van der Waals surface area contributed by atoms with Gasteiger partial charge in [-0.2, -0.15) is 0 Å². The van der Waals surface area contributed by atoms with Crippen LogP contribution in [0.15, 0.2) is 24.3 Å².